The van der Waals surface area contributed by atoms with Crippen molar-refractivity contribution in [3.63, 3.8) is 0 Å². The second-order valence-corrected chi connectivity index (χ2v) is 10.1. The third-order valence-electron chi connectivity index (χ3n) is 5.39. The minimum Gasteiger partial charge on any atom is -0.312 e. The van der Waals surface area contributed by atoms with E-state index in [1.54, 1.807) is 11.0 Å². The Balaban J connectivity index is 1.69. The second kappa shape index (κ2) is 7.61. The standard InChI is InChI=1S/C21H23BrN2O3S/c1-2-23(14-15-6-4-3-5-7-15)28(26,27)20-13-19-17(12-18(20)22)10-11-24(19)21(25)16-8-9-16/h3-7,12-13,16H,2,8-11,14H2,1H3. The predicted molar refractivity (Wildman–Crippen MR) is 113 cm³/mol. The van der Waals surface area contributed by atoms with Crippen molar-refractivity contribution in [3.05, 3.63) is 58.1 Å². The molecule has 4 rings (SSSR count). The molecule has 0 radical (unpaired) electrons. The molecule has 1 saturated carbocycles. The lowest BCUT2D eigenvalue weighted by atomic mass is 10.2. The maximum absolute atomic E-state index is 13.4. The smallest absolute Gasteiger partial charge is 0.244 e. The van der Waals surface area contributed by atoms with Crippen LogP contribution < -0.4 is 4.90 Å². The number of benzene rings is 2. The summed E-state index contributed by atoms with van der Waals surface area (Å²) in [5.74, 6) is 0.237. The van der Waals surface area contributed by atoms with Crippen molar-refractivity contribution in [2.24, 2.45) is 5.92 Å². The highest BCUT2D eigenvalue weighted by Crippen LogP contribution is 2.40. The SMILES string of the molecule is CCN(Cc1ccccc1)S(=O)(=O)c1cc2c(cc1Br)CCN2C(=O)C1CC1. The molecular weight excluding hydrogens is 440 g/mol. The van der Waals surface area contributed by atoms with E-state index in [2.05, 4.69) is 15.9 Å². The number of halogens is 1. The normalized spacial score (nSPS) is 16.5. The number of hydrogen-bond acceptors (Lipinski definition) is 3. The molecule has 28 heavy (non-hydrogen) atoms. The molecule has 1 heterocycles. The van der Waals surface area contributed by atoms with Crippen molar-refractivity contribution in [1.29, 1.82) is 0 Å². The molecule has 148 valence electrons. The monoisotopic (exact) mass is 462 g/mol. The van der Waals surface area contributed by atoms with Gasteiger partial charge in [0.2, 0.25) is 15.9 Å². The maximum Gasteiger partial charge on any atom is 0.244 e. The molecule has 1 amide bonds. The van der Waals surface area contributed by atoms with Crippen LogP contribution in [0.25, 0.3) is 0 Å². The first kappa shape index (κ1) is 19.6. The zero-order valence-corrected chi connectivity index (χ0v) is 18.2. The molecule has 5 nitrogen and oxygen atoms in total. The average molecular weight is 463 g/mol. The summed E-state index contributed by atoms with van der Waals surface area (Å²) in [5, 5.41) is 0. The number of anilines is 1. The largest absolute Gasteiger partial charge is 0.312 e. The van der Waals surface area contributed by atoms with Gasteiger partial charge < -0.3 is 4.90 Å². The lowest BCUT2D eigenvalue weighted by molar-refractivity contribution is -0.119. The molecular formula is C21H23BrN2O3S. The molecule has 0 aromatic heterocycles. The summed E-state index contributed by atoms with van der Waals surface area (Å²) in [6, 6.07) is 13.1. The van der Waals surface area contributed by atoms with Gasteiger partial charge in [0.15, 0.2) is 0 Å². The Bertz CT molecular complexity index is 1000. The fraction of sp³-hybridized carbons (Fsp3) is 0.381. The van der Waals surface area contributed by atoms with Crippen molar-refractivity contribution in [2.75, 3.05) is 18.0 Å². The zero-order chi connectivity index (χ0) is 19.9. The Hall–Kier alpha value is -1.70. The number of sulfonamides is 1. The predicted octanol–water partition coefficient (Wildman–Crippen LogP) is 3.96. The third kappa shape index (κ3) is 3.63. The van der Waals surface area contributed by atoms with Crippen LogP contribution in [0.5, 0.6) is 0 Å². The minimum absolute atomic E-state index is 0.111. The quantitative estimate of drug-likeness (QED) is 0.652. The Morgan fingerprint density at radius 1 is 1.21 bits per heavy atom. The van der Waals surface area contributed by atoms with Gasteiger partial charge in [-0.15, -0.1) is 0 Å². The number of rotatable bonds is 6. The van der Waals surface area contributed by atoms with E-state index in [-0.39, 0.29) is 16.7 Å². The van der Waals surface area contributed by atoms with Crippen molar-refractivity contribution in [3.8, 4) is 0 Å². The van der Waals surface area contributed by atoms with Gasteiger partial charge in [0.05, 0.1) is 4.90 Å². The minimum atomic E-state index is -3.71. The van der Waals surface area contributed by atoms with Crippen LogP contribution in [0.4, 0.5) is 5.69 Å². The number of hydrogen-bond donors (Lipinski definition) is 0. The van der Waals surface area contributed by atoms with Crippen LogP contribution >= 0.6 is 15.9 Å². The molecule has 2 aliphatic rings. The molecule has 2 aromatic carbocycles. The van der Waals surface area contributed by atoms with Crippen LogP contribution in [0.15, 0.2) is 51.8 Å². The molecule has 0 unspecified atom stereocenters. The Morgan fingerprint density at radius 3 is 2.57 bits per heavy atom. The summed E-state index contributed by atoms with van der Waals surface area (Å²) < 4.78 is 28.8. The van der Waals surface area contributed by atoms with Gasteiger partial charge >= 0.3 is 0 Å². The van der Waals surface area contributed by atoms with Crippen molar-refractivity contribution in [1.82, 2.24) is 4.31 Å². The maximum atomic E-state index is 13.4. The average Bonchev–Trinajstić information content (AvgIpc) is 3.46. The number of amides is 1. The lowest BCUT2D eigenvalue weighted by Crippen LogP contribution is -2.32. The van der Waals surface area contributed by atoms with E-state index in [0.29, 0.717) is 24.1 Å². The Kier molecular flexibility index (Phi) is 5.33. The number of fused-ring (bicyclic) bond motifs is 1. The van der Waals surface area contributed by atoms with Gasteiger partial charge in [-0.05, 0) is 58.5 Å². The van der Waals surface area contributed by atoms with E-state index in [4.69, 9.17) is 0 Å². The van der Waals surface area contributed by atoms with E-state index in [9.17, 15) is 13.2 Å². The Morgan fingerprint density at radius 2 is 1.93 bits per heavy atom. The first-order valence-corrected chi connectivity index (χ1v) is 11.8. The summed E-state index contributed by atoms with van der Waals surface area (Å²) in [6.07, 6.45) is 2.63. The van der Waals surface area contributed by atoms with Crippen molar-refractivity contribution < 1.29 is 13.2 Å². The molecule has 0 saturated heterocycles. The first-order chi connectivity index (χ1) is 13.4. The molecule has 1 aliphatic heterocycles. The molecule has 7 heteroatoms. The lowest BCUT2D eigenvalue weighted by Gasteiger charge is -2.23. The van der Waals surface area contributed by atoms with Gasteiger partial charge in [0, 0.05) is 35.7 Å². The van der Waals surface area contributed by atoms with Crippen LogP contribution in [0.1, 0.15) is 30.9 Å². The van der Waals surface area contributed by atoms with Crippen molar-refractivity contribution >= 4 is 37.5 Å². The van der Waals surface area contributed by atoms with Crippen LogP contribution in [0.2, 0.25) is 0 Å². The van der Waals surface area contributed by atoms with E-state index in [1.165, 1.54) is 4.31 Å². The van der Waals surface area contributed by atoms with Gasteiger partial charge in [0.25, 0.3) is 0 Å². The topological polar surface area (TPSA) is 57.7 Å². The fourth-order valence-electron chi connectivity index (χ4n) is 3.66. The highest BCUT2D eigenvalue weighted by molar-refractivity contribution is 9.10. The highest BCUT2D eigenvalue weighted by atomic mass is 79.9. The summed E-state index contributed by atoms with van der Waals surface area (Å²) in [6.45, 7) is 3.15. The van der Waals surface area contributed by atoms with Crippen LogP contribution in [-0.2, 0) is 27.8 Å². The molecule has 1 aliphatic carbocycles. The van der Waals surface area contributed by atoms with Crippen LogP contribution in [0.3, 0.4) is 0 Å². The van der Waals surface area contributed by atoms with Gasteiger partial charge in [-0.2, -0.15) is 4.31 Å². The van der Waals surface area contributed by atoms with E-state index in [1.807, 2.05) is 43.3 Å². The second-order valence-electron chi connectivity index (χ2n) is 7.34. The number of carbonyl (C=O) groups excluding carboxylic acids is 1. The number of carbonyl (C=O) groups is 1. The van der Waals surface area contributed by atoms with E-state index in [0.717, 1.165) is 36.1 Å². The molecule has 0 N–H and O–H groups in total. The zero-order valence-electron chi connectivity index (χ0n) is 15.8. The molecule has 2 aromatic rings. The summed E-state index contributed by atoms with van der Waals surface area (Å²) in [4.78, 5) is 14.6. The molecule has 0 spiro atoms. The number of nitrogens with zero attached hydrogens (tertiary/aromatic N) is 2. The molecule has 0 bridgehead atoms. The van der Waals surface area contributed by atoms with E-state index >= 15 is 0 Å². The van der Waals surface area contributed by atoms with E-state index < -0.39 is 10.0 Å². The summed E-state index contributed by atoms with van der Waals surface area (Å²) >= 11 is 3.46. The van der Waals surface area contributed by atoms with Gasteiger partial charge in [-0.3, -0.25) is 4.79 Å². The summed E-state index contributed by atoms with van der Waals surface area (Å²) in [7, 11) is -3.71. The van der Waals surface area contributed by atoms with Crippen molar-refractivity contribution in [2.45, 2.75) is 37.6 Å². The van der Waals surface area contributed by atoms with Gasteiger partial charge in [-0.1, -0.05) is 37.3 Å². The summed E-state index contributed by atoms with van der Waals surface area (Å²) in [5.41, 5.74) is 2.70. The van der Waals surface area contributed by atoms with Crippen LogP contribution in [-0.4, -0.2) is 31.7 Å². The van der Waals surface area contributed by atoms with Gasteiger partial charge in [0.1, 0.15) is 0 Å². The highest BCUT2D eigenvalue weighted by Gasteiger charge is 2.37. The van der Waals surface area contributed by atoms with Crippen LogP contribution in [0, 0.1) is 5.92 Å². The molecule has 1 fully saturated rings. The fourth-order valence-corrected chi connectivity index (χ4v) is 6.17. The molecule has 0 atom stereocenters. The third-order valence-corrected chi connectivity index (χ3v) is 8.27. The first-order valence-electron chi connectivity index (χ1n) is 9.59. The Labute approximate surface area is 174 Å². The van der Waals surface area contributed by atoms with Gasteiger partial charge in [-0.25, -0.2) is 8.42 Å².